The lowest BCUT2D eigenvalue weighted by atomic mass is 10.1. The minimum atomic E-state index is -0.459. The molecule has 2 rings (SSSR count). The summed E-state index contributed by atoms with van der Waals surface area (Å²) in [5.74, 6) is 0.582. The molecule has 5 heteroatoms. The average Bonchev–Trinajstić information content (AvgIpc) is 2.26. The molecule has 1 aliphatic heterocycles. The second-order valence-electron chi connectivity index (χ2n) is 5.60. The Hall–Kier alpha value is -1.78. The van der Waals surface area contributed by atoms with Crippen molar-refractivity contribution < 1.29 is 14.3 Å². The standard InChI is InChI=1S/C14H20N2O3/c1-14(2,3)19-13(17)16-9-7-11(16)10-18-12-6-4-5-8-15-12/h4-6,8,11H,7,9-10H2,1-3H3/t11-/m1/s1. The van der Waals surface area contributed by atoms with E-state index in [1.54, 1.807) is 17.2 Å². The van der Waals surface area contributed by atoms with Gasteiger partial charge in [-0.1, -0.05) is 6.07 Å². The second kappa shape index (κ2) is 5.47. The van der Waals surface area contributed by atoms with Gasteiger partial charge in [0.05, 0.1) is 6.04 Å². The van der Waals surface area contributed by atoms with Gasteiger partial charge in [-0.3, -0.25) is 0 Å². The average molecular weight is 264 g/mol. The molecule has 0 bridgehead atoms. The Labute approximate surface area is 113 Å². The summed E-state index contributed by atoms with van der Waals surface area (Å²) in [6, 6.07) is 5.59. The van der Waals surface area contributed by atoms with Gasteiger partial charge in [0.1, 0.15) is 12.2 Å². The summed E-state index contributed by atoms with van der Waals surface area (Å²) in [5.41, 5.74) is -0.459. The van der Waals surface area contributed by atoms with Gasteiger partial charge in [0.15, 0.2) is 0 Å². The summed E-state index contributed by atoms with van der Waals surface area (Å²) in [5, 5.41) is 0. The lowest BCUT2D eigenvalue weighted by Gasteiger charge is -2.40. The molecule has 104 valence electrons. The third-order valence-corrected chi connectivity index (χ3v) is 2.83. The number of carbonyl (C=O) groups is 1. The fourth-order valence-corrected chi connectivity index (χ4v) is 1.79. The van der Waals surface area contributed by atoms with Crippen LogP contribution in [0.15, 0.2) is 24.4 Å². The zero-order chi connectivity index (χ0) is 13.9. The number of pyridine rings is 1. The summed E-state index contributed by atoms with van der Waals surface area (Å²) in [7, 11) is 0. The number of amides is 1. The summed E-state index contributed by atoms with van der Waals surface area (Å²) in [6.45, 7) is 6.78. The molecular formula is C14H20N2O3. The third-order valence-electron chi connectivity index (χ3n) is 2.83. The normalized spacial score (nSPS) is 18.7. The Morgan fingerprint density at radius 2 is 2.26 bits per heavy atom. The monoisotopic (exact) mass is 264 g/mol. The van der Waals surface area contributed by atoms with Crippen LogP contribution in [0.4, 0.5) is 4.79 Å². The molecule has 1 aliphatic rings. The molecule has 0 aromatic carbocycles. The minimum Gasteiger partial charge on any atom is -0.475 e. The van der Waals surface area contributed by atoms with Crippen molar-refractivity contribution in [3.05, 3.63) is 24.4 Å². The number of nitrogens with zero attached hydrogens (tertiary/aromatic N) is 2. The molecule has 5 nitrogen and oxygen atoms in total. The van der Waals surface area contributed by atoms with E-state index < -0.39 is 5.60 Å². The molecule has 19 heavy (non-hydrogen) atoms. The molecule has 0 radical (unpaired) electrons. The van der Waals surface area contributed by atoms with Crippen LogP contribution >= 0.6 is 0 Å². The van der Waals surface area contributed by atoms with E-state index >= 15 is 0 Å². The van der Waals surface area contributed by atoms with Crippen LogP contribution in [0.25, 0.3) is 0 Å². The van der Waals surface area contributed by atoms with Crippen molar-refractivity contribution in [1.29, 1.82) is 0 Å². The molecule has 0 spiro atoms. The van der Waals surface area contributed by atoms with Crippen LogP contribution in [0.2, 0.25) is 0 Å². The highest BCUT2D eigenvalue weighted by Gasteiger charge is 2.35. The molecule has 1 saturated heterocycles. The number of hydrogen-bond donors (Lipinski definition) is 0. The zero-order valence-electron chi connectivity index (χ0n) is 11.6. The fraction of sp³-hybridized carbons (Fsp3) is 0.571. The lowest BCUT2D eigenvalue weighted by Crippen LogP contribution is -2.55. The van der Waals surface area contributed by atoms with Gasteiger partial charge in [-0.25, -0.2) is 9.78 Å². The molecule has 1 aromatic rings. The van der Waals surface area contributed by atoms with Crippen molar-refractivity contribution in [3.63, 3.8) is 0 Å². The van der Waals surface area contributed by atoms with Gasteiger partial charge in [-0.05, 0) is 33.3 Å². The highest BCUT2D eigenvalue weighted by Crippen LogP contribution is 2.21. The molecule has 0 saturated carbocycles. The molecule has 1 amide bonds. The quantitative estimate of drug-likeness (QED) is 0.841. The molecule has 0 aliphatic carbocycles. The molecule has 2 heterocycles. The maximum atomic E-state index is 11.9. The molecule has 1 atom stereocenters. The maximum Gasteiger partial charge on any atom is 0.410 e. The highest BCUT2D eigenvalue weighted by molar-refractivity contribution is 5.69. The van der Waals surface area contributed by atoms with Crippen LogP contribution in [0.5, 0.6) is 5.88 Å². The van der Waals surface area contributed by atoms with Crippen molar-refractivity contribution in [3.8, 4) is 5.88 Å². The van der Waals surface area contributed by atoms with E-state index in [9.17, 15) is 4.79 Å². The van der Waals surface area contributed by atoms with E-state index in [-0.39, 0.29) is 12.1 Å². The van der Waals surface area contributed by atoms with Crippen LogP contribution in [-0.4, -0.2) is 40.8 Å². The van der Waals surface area contributed by atoms with Gasteiger partial charge in [-0.15, -0.1) is 0 Å². The van der Waals surface area contributed by atoms with Crippen LogP contribution < -0.4 is 4.74 Å². The Balaban J connectivity index is 1.81. The van der Waals surface area contributed by atoms with E-state index in [1.165, 1.54) is 0 Å². The largest absolute Gasteiger partial charge is 0.475 e. The number of hydrogen-bond acceptors (Lipinski definition) is 4. The summed E-state index contributed by atoms with van der Waals surface area (Å²) in [6.07, 6.45) is 2.35. The SMILES string of the molecule is CC(C)(C)OC(=O)N1CC[C@@H]1COc1ccccn1. The van der Waals surface area contributed by atoms with E-state index in [0.29, 0.717) is 12.5 Å². The van der Waals surface area contributed by atoms with Crippen molar-refractivity contribution in [1.82, 2.24) is 9.88 Å². The lowest BCUT2D eigenvalue weighted by molar-refractivity contribution is -0.0144. The maximum absolute atomic E-state index is 11.9. The van der Waals surface area contributed by atoms with Crippen molar-refractivity contribution in [2.75, 3.05) is 13.2 Å². The number of carbonyl (C=O) groups excluding carboxylic acids is 1. The van der Waals surface area contributed by atoms with Gasteiger partial charge in [-0.2, -0.15) is 0 Å². The van der Waals surface area contributed by atoms with Crippen molar-refractivity contribution in [2.24, 2.45) is 0 Å². The smallest absolute Gasteiger partial charge is 0.410 e. The fourth-order valence-electron chi connectivity index (χ4n) is 1.79. The van der Waals surface area contributed by atoms with Crippen molar-refractivity contribution >= 4 is 6.09 Å². The number of ether oxygens (including phenoxy) is 2. The Morgan fingerprint density at radius 1 is 1.47 bits per heavy atom. The topological polar surface area (TPSA) is 51.7 Å². The van der Waals surface area contributed by atoms with Gasteiger partial charge in [0, 0.05) is 18.8 Å². The first-order valence-corrected chi connectivity index (χ1v) is 6.49. The van der Waals surface area contributed by atoms with Gasteiger partial charge < -0.3 is 14.4 Å². The third kappa shape index (κ3) is 3.84. The summed E-state index contributed by atoms with van der Waals surface area (Å²) >= 11 is 0. The van der Waals surface area contributed by atoms with E-state index in [4.69, 9.17) is 9.47 Å². The number of likely N-dealkylation sites (tertiary alicyclic amines) is 1. The Bertz CT molecular complexity index is 428. The molecule has 1 fully saturated rings. The molecule has 0 N–H and O–H groups in total. The van der Waals surface area contributed by atoms with Crippen LogP contribution in [0, 0.1) is 0 Å². The first-order chi connectivity index (χ1) is 8.96. The van der Waals surface area contributed by atoms with Gasteiger partial charge >= 0.3 is 6.09 Å². The van der Waals surface area contributed by atoms with Crippen LogP contribution in [-0.2, 0) is 4.74 Å². The minimum absolute atomic E-state index is 0.0804. The molecule has 1 aromatic heterocycles. The predicted octanol–water partition coefficient (Wildman–Crippen LogP) is 2.47. The molecular weight excluding hydrogens is 244 g/mol. The molecule has 0 unspecified atom stereocenters. The van der Waals surface area contributed by atoms with Crippen LogP contribution in [0.3, 0.4) is 0 Å². The van der Waals surface area contributed by atoms with Crippen LogP contribution in [0.1, 0.15) is 27.2 Å². The highest BCUT2D eigenvalue weighted by atomic mass is 16.6. The first kappa shape index (κ1) is 13.6. The van der Waals surface area contributed by atoms with E-state index in [1.807, 2.05) is 32.9 Å². The van der Waals surface area contributed by atoms with Gasteiger partial charge in [0.25, 0.3) is 0 Å². The number of rotatable bonds is 3. The first-order valence-electron chi connectivity index (χ1n) is 6.49. The van der Waals surface area contributed by atoms with E-state index in [0.717, 1.165) is 13.0 Å². The Morgan fingerprint density at radius 3 is 2.79 bits per heavy atom. The Kier molecular flexibility index (Phi) is 3.93. The predicted molar refractivity (Wildman–Crippen MR) is 71.1 cm³/mol. The van der Waals surface area contributed by atoms with E-state index in [2.05, 4.69) is 4.98 Å². The summed E-state index contributed by atoms with van der Waals surface area (Å²) in [4.78, 5) is 17.7. The summed E-state index contributed by atoms with van der Waals surface area (Å²) < 4.78 is 10.9. The van der Waals surface area contributed by atoms with Gasteiger partial charge in [0.2, 0.25) is 5.88 Å². The zero-order valence-corrected chi connectivity index (χ0v) is 11.6. The second-order valence-corrected chi connectivity index (χ2v) is 5.60. The van der Waals surface area contributed by atoms with Crippen molar-refractivity contribution in [2.45, 2.75) is 38.8 Å². The number of aromatic nitrogens is 1.